The van der Waals surface area contributed by atoms with Crippen LogP contribution in [0.25, 0.3) is 0 Å². The van der Waals surface area contributed by atoms with Crippen molar-refractivity contribution in [2.75, 3.05) is 18.1 Å². The summed E-state index contributed by atoms with van der Waals surface area (Å²) in [5, 5.41) is 0. The third-order valence-electron chi connectivity index (χ3n) is 2.40. The van der Waals surface area contributed by atoms with E-state index in [0.29, 0.717) is 12.4 Å². The molecule has 2 heterocycles. The van der Waals surface area contributed by atoms with Gasteiger partial charge in [0.15, 0.2) is 0 Å². The van der Waals surface area contributed by atoms with Crippen LogP contribution < -0.4 is 4.90 Å². The lowest BCUT2D eigenvalue weighted by Crippen LogP contribution is -2.46. The Labute approximate surface area is 103 Å². The molecular weight excluding hydrogens is 216 g/mol. The molecule has 2 rings (SSSR count). The molecule has 1 aromatic rings. The van der Waals surface area contributed by atoms with Gasteiger partial charge in [-0.2, -0.15) is 0 Å². The summed E-state index contributed by atoms with van der Waals surface area (Å²) in [4.78, 5) is 17.5. The molecule has 1 unspecified atom stereocenters. The van der Waals surface area contributed by atoms with Crippen LogP contribution in [0, 0.1) is 6.92 Å². The van der Waals surface area contributed by atoms with E-state index in [-0.39, 0.29) is 18.6 Å². The third kappa shape index (κ3) is 3.53. The number of pyridine rings is 1. The molecule has 4 heteroatoms. The van der Waals surface area contributed by atoms with Gasteiger partial charge in [-0.1, -0.05) is 19.9 Å². The van der Waals surface area contributed by atoms with E-state index in [1.54, 1.807) is 11.1 Å². The summed E-state index contributed by atoms with van der Waals surface area (Å²) in [6, 6.07) is 3.82. The quantitative estimate of drug-likeness (QED) is 0.750. The molecule has 0 saturated carbocycles. The highest BCUT2D eigenvalue weighted by molar-refractivity contribution is 5.94. The molecule has 17 heavy (non-hydrogen) atoms. The van der Waals surface area contributed by atoms with Gasteiger partial charge in [0.25, 0.3) is 5.91 Å². The van der Waals surface area contributed by atoms with Gasteiger partial charge in [-0.3, -0.25) is 9.69 Å². The van der Waals surface area contributed by atoms with E-state index in [9.17, 15) is 4.79 Å². The van der Waals surface area contributed by atoms with Gasteiger partial charge in [0.1, 0.15) is 12.4 Å². The van der Waals surface area contributed by atoms with Crippen LogP contribution in [0.1, 0.15) is 26.3 Å². The van der Waals surface area contributed by atoms with Gasteiger partial charge in [-0.25, -0.2) is 4.98 Å². The van der Waals surface area contributed by atoms with E-state index in [1.807, 2.05) is 39.8 Å². The highest BCUT2D eigenvalue weighted by Gasteiger charge is 2.25. The number of hydrogen-bond acceptors (Lipinski definition) is 3. The summed E-state index contributed by atoms with van der Waals surface area (Å²) < 4.78 is 5.25. The monoisotopic (exact) mass is 236 g/mol. The number of aryl methyl sites for hydroxylation is 1. The van der Waals surface area contributed by atoms with Crippen molar-refractivity contribution in [1.82, 2.24) is 4.98 Å². The van der Waals surface area contributed by atoms with E-state index >= 15 is 0 Å². The summed E-state index contributed by atoms with van der Waals surface area (Å²) >= 11 is 0. The minimum absolute atomic E-state index is 0.0237. The molecule has 0 radical (unpaired) electrons. The fourth-order valence-corrected chi connectivity index (χ4v) is 1.54. The molecule has 1 aromatic heterocycles. The molecule has 94 valence electrons. The highest BCUT2D eigenvalue weighted by Crippen LogP contribution is 2.15. The number of hydrogen-bond donors (Lipinski definition) is 0. The molecule has 1 amide bonds. The Kier molecular flexibility index (Phi) is 5.10. The summed E-state index contributed by atoms with van der Waals surface area (Å²) in [5.74, 6) is 0.685. The SMILES string of the molecule is CC.Cc1ccc(N2CC(C)OCC2=O)nc1. The Hall–Kier alpha value is -1.42. The summed E-state index contributed by atoms with van der Waals surface area (Å²) in [6.07, 6.45) is 1.84. The zero-order chi connectivity index (χ0) is 12.8. The van der Waals surface area contributed by atoms with Gasteiger partial charge < -0.3 is 4.74 Å². The van der Waals surface area contributed by atoms with Crippen molar-refractivity contribution in [3.63, 3.8) is 0 Å². The lowest BCUT2D eigenvalue weighted by Gasteiger charge is -2.30. The second kappa shape index (κ2) is 6.35. The van der Waals surface area contributed by atoms with E-state index < -0.39 is 0 Å². The molecule has 0 spiro atoms. The van der Waals surface area contributed by atoms with E-state index in [1.165, 1.54) is 0 Å². The predicted octanol–water partition coefficient (Wildman–Crippen LogP) is 2.17. The summed E-state index contributed by atoms with van der Waals surface area (Å²) in [7, 11) is 0. The molecule has 0 aromatic carbocycles. The lowest BCUT2D eigenvalue weighted by atomic mass is 10.2. The molecule has 0 aliphatic carbocycles. The number of aromatic nitrogens is 1. The number of anilines is 1. The summed E-state index contributed by atoms with van der Waals surface area (Å²) in [6.45, 7) is 8.65. The maximum Gasteiger partial charge on any atom is 0.254 e. The van der Waals surface area contributed by atoms with Crippen molar-refractivity contribution in [2.24, 2.45) is 0 Å². The first-order valence-electron chi connectivity index (χ1n) is 6.01. The minimum Gasteiger partial charge on any atom is -0.367 e. The standard InChI is InChI=1S/C11H14N2O2.C2H6/c1-8-3-4-10(12-5-8)13-6-9(2)15-7-11(13)14;1-2/h3-5,9H,6-7H2,1-2H3;1-2H3. The van der Waals surface area contributed by atoms with Crippen LogP contribution in [-0.2, 0) is 9.53 Å². The van der Waals surface area contributed by atoms with Gasteiger partial charge in [-0.05, 0) is 25.5 Å². The number of morpholine rings is 1. The van der Waals surface area contributed by atoms with Crippen molar-refractivity contribution in [2.45, 2.75) is 33.8 Å². The van der Waals surface area contributed by atoms with Crippen molar-refractivity contribution < 1.29 is 9.53 Å². The number of nitrogens with zero attached hydrogens (tertiary/aromatic N) is 2. The van der Waals surface area contributed by atoms with Gasteiger partial charge in [0, 0.05) is 6.20 Å². The molecule has 1 aliphatic heterocycles. The van der Waals surface area contributed by atoms with Crippen molar-refractivity contribution in [1.29, 1.82) is 0 Å². The Morgan fingerprint density at radius 1 is 1.41 bits per heavy atom. The smallest absolute Gasteiger partial charge is 0.254 e. The van der Waals surface area contributed by atoms with Crippen molar-refractivity contribution >= 4 is 11.7 Å². The predicted molar refractivity (Wildman–Crippen MR) is 68.1 cm³/mol. The number of ether oxygens (including phenoxy) is 1. The molecular formula is C13H20N2O2. The molecule has 1 aliphatic rings. The first kappa shape index (κ1) is 13.6. The Morgan fingerprint density at radius 3 is 2.71 bits per heavy atom. The van der Waals surface area contributed by atoms with Crippen LogP contribution in [0.15, 0.2) is 18.3 Å². The van der Waals surface area contributed by atoms with Gasteiger partial charge in [0.2, 0.25) is 0 Å². The van der Waals surface area contributed by atoms with Gasteiger partial charge in [-0.15, -0.1) is 0 Å². The number of amides is 1. The first-order valence-corrected chi connectivity index (χ1v) is 6.01. The first-order chi connectivity index (χ1) is 8.16. The Bertz CT molecular complexity index is 362. The second-order valence-electron chi connectivity index (χ2n) is 3.82. The Balaban J connectivity index is 0.000000686. The van der Waals surface area contributed by atoms with Crippen LogP contribution in [0.5, 0.6) is 0 Å². The molecule has 1 fully saturated rings. The molecule has 1 saturated heterocycles. The van der Waals surface area contributed by atoms with E-state index in [0.717, 1.165) is 5.56 Å². The largest absolute Gasteiger partial charge is 0.367 e. The highest BCUT2D eigenvalue weighted by atomic mass is 16.5. The second-order valence-corrected chi connectivity index (χ2v) is 3.82. The Morgan fingerprint density at radius 2 is 2.12 bits per heavy atom. The average Bonchev–Trinajstić information content (AvgIpc) is 2.36. The normalized spacial score (nSPS) is 19.6. The number of carbonyl (C=O) groups is 1. The van der Waals surface area contributed by atoms with E-state index in [4.69, 9.17) is 4.74 Å². The lowest BCUT2D eigenvalue weighted by molar-refractivity contribution is -0.128. The fourth-order valence-electron chi connectivity index (χ4n) is 1.54. The van der Waals surface area contributed by atoms with Gasteiger partial charge in [0.05, 0.1) is 12.6 Å². The maximum absolute atomic E-state index is 11.6. The maximum atomic E-state index is 11.6. The average molecular weight is 236 g/mol. The zero-order valence-electron chi connectivity index (χ0n) is 10.9. The van der Waals surface area contributed by atoms with Crippen LogP contribution >= 0.6 is 0 Å². The van der Waals surface area contributed by atoms with Crippen LogP contribution in [-0.4, -0.2) is 30.1 Å². The number of carbonyl (C=O) groups excluding carboxylic acids is 1. The minimum atomic E-state index is -0.0237. The van der Waals surface area contributed by atoms with Crippen molar-refractivity contribution in [3.05, 3.63) is 23.9 Å². The van der Waals surface area contributed by atoms with Crippen molar-refractivity contribution in [3.8, 4) is 0 Å². The molecule has 0 bridgehead atoms. The van der Waals surface area contributed by atoms with Gasteiger partial charge >= 0.3 is 0 Å². The fraction of sp³-hybridized carbons (Fsp3) is 0.538. The van der Waals surface area contributed by atoms with E-state index in [2.05, 4.69) is 4.98 Å². The topological polar surface area (TPSA) is 42.4 Å². The molecule has 1 atom stereocenters. The molecule has 4 nitrogen and oxygen atoms in total. The zero-order valence-corrected chi connectivity index (χ0v) is 10.9. The molecule has 0 N–H and O–H groups in total. The number of rotatable bonds is 1. The summed E-state index contributed by atoms with van der Waals surface area (Å²) in [5.41, 5.74) is 1.09. The van der Waals surface area contributed by atoms with Crippen LogP contribution in [0.2, 0.25) is 0 Å². The van der Waals surface area contributed by atoms with Crippen LogP contribution in [0.3, 0.4) is 0 Å². The third-order valence-corrected chi connectivity index (χ3v) is 2.40. The van der Waals surface area contributed by atoms with Crippen LogP contribution in [0.4, 0.5) is 5.82 Å².